The van der Waals surface area contributed by atoms with Gasteiger partial charge in [-0.25, -0.2) is 0 Å². The molecule has 3 heteroatoms. The van der Waals surface area contributed by atoms with Gasteiger partial charge in [-0.3, -0.25) is 4.79 Å². The normalized spacial score (nSPS) is 31.2. The van der Waals surface area contributed by atoms with E-state index in [0.29, 0.717) is 30.8 Å². The first-order chi connectivity index (χ1) is 7.72. The van der Waals surface area contributed by atoms with Crippen molar-refractivity contribution in [2.45, 2.75) is 51.5 Å². The number of amides is 1. The zero-order valence-corrected chi connectivity index (χ0v) is 10.3. The zero-order chi connectivity index (χ0) is 11.5. The first kappa shape index (κ1) is 11.9. The molecule has 0 aromatic heterocycles. The summed E-state index contributed by atoms with van der Waals surface area (Å²) in [5, 5.41) is 0. The molecule has 0 aromatic carbocycles. The molecule has 1 heterocycles. The predicted octanol–water partition coefficient (Wildman–Crippen LogP) is 1.76. The van der Waals surface area contributed by atoms with Crippen LogP contribution in [0.25, 0.3) is 0 Å². The lowest BCUT2D eigenvalue weighted by Crippen LogP contribution is -2.46. The number of piperidine rings is 1. The summed E-state index contributed by atoms with van der Waals surface area (Å²) in [4.78, 5) is 14.3. The van der Waals surface area contributed by atoms with Gasteiger partial charge in [0, 0.05) is 19.0 Å². The van der Waals surface area contributed by atoms with E-state index in [1.54, 1.807) is 0 Å². The Bertz CT molecular complexity index is 254. The fraction of sp³-hybridized carbons (Fsp3) is 0.923. The van der Waals surface area contributed by atoms with Gasteiger partial charge in [0.05, 0.1) is 0 Å². The molecule has 3 nitrogen and oxygen atoms in total. The number of likely N-dealkylation sites (tertiary alicyclic amines) is 1. The standard InChI is InChI=1S/C13H24N2O/c1-10(9-14)8-13(16)15-7-3-5-11-4-2-6-12(11)15/h10-12H,2-9,14H2,1H3. The Labute approximate surface area is 98.4 Å². The van der Waals surface area contributed by atoms with Gasteiger partial charge in [0.15, 0.2) is 0 Å². The van der Waals surface area contributed by atoms with Crippen molar-refractivity contribution in [1.29, 1.82) is 0 Å². The smallest absolute Gasteiger partial charge is 0.223 e. The molecule has 2 fully saturated rings. The molecule has 1 amide bonds. The maximum atomic E-state index is 12.2. The van der Waals surface area contributed by atoms with E-state index in [2.05, 4.69) is 11.8 Å². The number of hydrogen-bond acceptors (Lipinski definition) is 2. The highest BCUT2D eigenvalue weighted by Crippen LogP contribution is 2.37. The third kappa shape index (κ3) is 2.40. The van der Waals surface area contributed by atoms with Gasteiger partial charge in [-0.05, 0) is 44.1 Å². The fourth-order valence-electron chi connectivity index (χ4n) is 3.26. The maximum absolute atomic E-state index is 12.2. The Kier molecular flexibility index (Phi) is 3.85. The van der Waals surface area contributed by atoms with Crippen molar-refractivity contribution in [3.8, 4) is 0 Å². The van der Waals surface area contributed by atoms with Crippen LogP contribution in [0.4, 0.5) is 0 Å². The van der Waals surface area contributed by atoms with Crippen molar-refractivity contribution in [2.75, 3.05) is 13.1 Å². The molecule has 3 atom stereocenters. The molecule has 1 aliphatic heterocycles. The van der Waals surface area contributed by atoms with Crippen LogP contribution in [0.15, 0.2) is 0 Å². The Balaban J connectivity index is 1.94. The lowest BCUT2D eigenvalue weighted by atomic mass is 9.91. The molecule has 0 aromatic rings. The minimum atomic E-state index is 0.328. The molecular weight excluding hydrogens is 200 g/mol. The molecule has 0 bridgehead atoms. The average Bonchev–Trinajstić information content (AvgIpc) is 2.76. The molecule has 1 saturated heterocycles. The zero-order valence-electron chi connectivity index (χ0n) is 10.3. The maximum Gasteiger partial charge on any atom is 0.223 e. The summed E-state index contributed by atoms with van der Waals surface area (Å²) < 4.78 is 0. The third-order valence-electron chi connectivity index (χ3n) is 4.24. The second kappa shape index (κ2) is 5.17. The van der Waals surface area contributed by atoms with Crippen LogP contribution < -0.4 is 5.73 Å². The summed E-state index contributed by atoms with van der Waals surface area (Å²) in [5.74, 6) is 1.47. The van der Waals surface area contributed by atoms with E-state index < -0.39 is 0 Å². The van der Waals surface area contributed by atoms with Gasteiger partial charge in [0.2, 0.25) is 5.91 Å². The first-order valence-corrected chi connectivity index (χ1v) is 6.72. The summed E-state index contributed by atoms with van der Waals surface area (Å²) >= 11 is 0. The summed E-state index contributed by atoms with van der Waals surface area (Å²) in [6.07, 6.45) is 7.05. The van der Waals surface area contributed by atoms with E-state index in [9.17, 15) is 4.79 Å². The van der Waals surface area contributed by atoms with Crippen molar-refractivity contribution in [3.63, 3.8) is 0 Å². The minimum Gasteiger partial charge on any atom is -0.339 e. The minimum absolute atomic E-state index is 0.328. The van der Waals surface area contributed by atoms with Crippen LogP contribution >= 0.6 is 0 Å². The lowest BCUT2D eigenvalue weighted by Gasteiger charge is -2.38. The number of nitrogens with zero attached hydrogens (tertiary/aromatic N) is 1. The Hall–Kier alpha value is -0.570. The molecule has 1 aliphatic carbocycles. The van der Waals surface area contributed by atoms with Crippen LogP contribution in [0.3, 0.4) is 0 Å². The van der Waals surface area contributed by atoms with Gasteiger partial charge in [-0.2, -0.15) is 0 Å². The van der Waals surface area contributed by atoms with Crippen molar-refractivity contribution < 1.29 is 4.79 Å². The quantitative estimate of drug-likeness (QED) is 0.794. The largest absolute Gasteiger partial charge is 0.339 e. The molecule has 0 spiro atoms. The number of fused-ring (bicyclic) bond motifs is 1. The molecule has 2 aliphatic rings. The number of carbonyl (C=O) groups is 1. The van der Waals surface area contributed by atoms with Crippen LogP contribution in [0, 0.1) is 11.8 Å². The number of hydrogen-bond donors (Lipinski definition) is 1. The van der Waals surface area contributed by atoms with Gasteiger partial charge in [-0.15, -0.1) is 0 Å². The van der Waals surface area contributed by atoms with Crippen molar-refractivity contribution in [3.05, 3.63) is 0 Å². The average molecular weight is 224 g/mol. The Morgan fingerprint density at radius 2 is 2.12 bits per heavy atom. The van der Waals surface area contributed by atoms with E-state index >= 15 is 0 Å². The summed E-state index contributed by atoms with van der Waals surface area (Å²) in [6.45, 7) is 3.67. The topological polar surface area (TPSA) is 46.3 Å². The van der Waals surface area contributed by atoms with Crippen LogP contribution in [0.2, 0.25) is 0 Å². The second-order valence-electron chi connectivity index (χ2n) is 5.53. The summed E-state index contributed by atoms with van der Waals surface area (Å²) in [5.41, 5.74) is 5.59. The van der Waals surface area contributed by atoms with Gasteiger partial charge in [0.25, 0.3) is 0 Å². The molecule has 2 rings (SSSR count). The van der Waals surface area contributed by atoms with Crippen LogP contribution in [0.5, 0.6) is 0 Å². The Morgan fingerprint density at radius 3 is 2.88 bits per heavy atom. The molecular formula is C13H24N2O. The highest BCUT2D eigenvalue weighted by molar-refractivity contribution is 5.77. The molecule has 92 valence electrons. The molecule has 3 unspecified atom stereocenters. The fourth-order valence-corrected chi connectivity index (χ4v) is 3.26. The van der Waals surface area contributed by atoms with Crippen LogP contribution in [-0.2, 0) is 4.79 Å². The van der Waals surface area contributed by atoms with E-state index in [1.807, 2.05) is 0 Å². The third-order valence-corrected chi connectivity index (χ3v) is 4.24. The molecule has 0 radical (unpaired) electrons. The SMILES string of the molecule is CC(CN)CC(=O)N1CCCC2CCCC21. The van der Waals surface area contributed by atoms with Crippen molar-refractivity contribution in [2.24, 2.45) is 17.6 Å². The number of nitrogens with two attached hydrogens (primary N) is 1. The highest BCUT2D eigenvalue weighted by atomic mass is 16.2. The molecule has 16 heavy (non-hydrogen) atoms. The van der Waals surface area contributed by atoms with Gasteiger partial charge in [0.1, 0.15) is 0 Å². The molecule has 2 N–H and O–H groups in total. The van der Waals surface area contributed by atoms with Crippen molar-refractivity contribution >= 4 is 5.91 Å². The summed E-state index contributed by atoms with van der Waals surface area (Å²) in [6, 6.07) is 0.561. The van der Waals surface area contributed by atoms with E-state index in [0.717, 1.165) is 12.5 Å². The second-order valence-corrected chi connectivity index (χ2v) is 5.53. The van der Waals surface area contributed by atoms with Crippen molar-refractivity contribution in [1.82, 2.24) is 4.90 Å². The Morgan fingerprint density at radius 1 is 1.38 bits per heavy atom. The van der Waals surface area contributed by atoms with Gasteiger partial charge < -0.3 is 10.6 Å². The van der Waals surface area contributed by atoms with Gasteiger partial charge >= 0.3 is 0 Å². The van der Waals surface area contributed by atoms with E-state index in [4.69, 9.17) is 5.73 Å². The number of rotatable bonds is 3. The molecule has 1 saturated carbocycles. The monoisotopic (exact) mass is 224 g/mol. The number of carbonyl (C=O) groups excluding carboxylic acids is 1. The highest BCUT2D eigenvalue weighted by Gasteiger charge is 2.37. The van der Waals surface area contributed by atoms with Crippen LogP contribution in [0.1, 0.15) is 45.4 Å². The van der Waals surface area contributed by atoms with E-state index in [-0.39, 0.29) is 0 Å². The predicted molar refractivity (Wildman–Crippen MR) is 64.9 cm³/mol. The van der Waals surface area contributed by atoms with Crippen LogP contribution in [-0.4, -0.2) is 29.9 Å². The first-order valence-electron chi connectivity index (χ1n) is 6.72. The summed E-state index contributed by atoms with van der Waals surface area (Å²) in [7, 11) is 0. The van der Waals surface area contributed by atoms with Gasteiger partial charge in [-0.1, -0.05) is 13.3 Å². The van der Waals surface area contributed by atoms with E-state index in [1.165, 1.54) is 32.1 Å². The lowest BCUT2D eigenvalue weighted by molar-refractivity contribution is -0.136.